The molecule has 19 heavy (non-hydrogen) atoms. The van der Waals surface area contributed by atoms with Gasteiger partial charge in [0.05, 0.1) is 0 Å². The highest BCUT2D eigenvalue weighted by molar-refractivity contribution is 6.02. The number of urea groups is 1. The lowest BCUT2D eigenvalue weighted by atomic mass is 9.82. The minimum atomic E-state index is -1.23. The van der Waals surface area contributed by atoms with Gasteiger partial charge in [0.2, 0.25) is 0 Å². The van der Waals surface area contributed by atoms with Gasteiger partial charge in [0.25, 0.3) is 5.91 Å². The monoisotopic (exact) mass is 268 g/mol. The molecule has 1 aliphatic carbocycles. The topological polar surface area (TPSA) is 95.5 Å². The first-order valence-electron chi connectivity index (χ1n) is 6.47. The molecule has 0 saturated heterocycles. The average molecular weight is 268 g/mol. The normalized spacial score (nSPS) is 23.0. The van der Waals surface area contributed by atoms with Crippen LogP contribution in [0.15, 0.2) is 12.2 Å². The van der Waals surface area contributed by atoms with Crippen molar-refractivity contribution in [3.8, 4) is 0 Å². The predicted molar refractivity (Wildman–Crippen MR) is 69.4 cm³/mol. The molecule has 6 nitrogen and oxygen atoms in total. The van der Waals surface area contributed by atoms with Crippen LogP contribution in [0.25, 0.3) is 0 Å². The van der Waals surface area contributed by atoms with E-state index in [2.05, 4.69) is 12.2 Å². The number of nitrogens with one attached hydrogen (secondary N) is 2. The fourth-order valence-corrected chi connectivity index (χ4v) is 2.33. The van der Waals surface area contributed by atoms with E-state index < -0.39 is 17.9 Å². The van der Waals surface area contributed by atoms with Crippen LogP contribution in [-0.2, 0) is 9.59 Å². The Morgan fingerprint density at radius 2 is 2.00 bits per heavy atom. The molecule has 0 aromatic rings. The van der Waals surface area contributed by atoms with Crippen LogP contribution in [-0.4, -0.2) is 29.6 Å². The van der Waals surface area contributed by atoms with Gasteiger partial charge in [-0.3, -0.25) is 10.1 Å². The van der Waals surface area contributed by atoms with Crippen molar-refractivity contribution in [2.75, 3.05) is 6.54 Å². The van der Waals surface area contributed by atoms with E-state index >= 15 is 0 Å². The number of hydrogen-bond acceptors (Lipinski definition) is 3. The summed E-state index contributed by atoms with van der Waals surface area (Å²) in [5.74, 6) is -0.827. The van der Waals surface area contributed by atoms with Crippen LogP contribution >= 0.6 is 0 Å². The molecular formula is C13H20N2O4. The lowest BCUT2D eigenvalue weighted by Gasteiger charge is -2.26. The molecular weight excluding hydrogens is 248 g/mol. The standard InChI is InChI=1S/C13H20N2O4/c1-9-3-2-4-10(7-9)8-14-13(19)15-11(16)5-6-12(17)18/h5-6,9-10H,2-4,7-8H2,1H3,(H,17,18)(H2,14,15,16,19)/b6-5+. The van der Waals surface area contributed by atoms with Gasteiger partial charge in [-0.1, -0.05) is 19.8 Å². The third kappa shape index (κ3) is 6.59. The van der Waals surface area contributed by atoms with Crippen molar-refractivity contribution in [3.63, 3.8) is 0 Å². The summed E-state index contributed by atoms with van der Waals surface area (Å²) in [6.07, 6.45) is 6.09. The molecule has 0 aliphatic heterocycles. The van der Waals surface area contributed by atoms with Crippen molar-refractivity contribution < 1.29 is 19.5 Å². The summed E-state index contributed by atoms with van der Waals surface area (Å²) in [6.45, 7) is 2.75. The Labute approximate surface area is 112 Å². The molecule has 1 saturated carbocycles. The number of carbonyl (C=O) groups excluding carboxylic acids is 2. The maximum absolute atomic E-state index is 11.4. The highest BCUT2D eigenvalue weighted by atomic mass is 16.4. The second-order valence-electron chi connectivity index (χ2n) is 5.01. The van der Waals surface area contributed by atoms with Crippen LogP contribution in [0.4, 0.5) is 4.79 Å². The fourth-order valence-electron chi connectivity index (χ4n) is 2.33. The molecule has 106 valence electrons. The van der Waals surface area contributed by atoms with E-state index in [9.17, 15) is 14.4 Å². The Kier molecular flexibility index (Phi) is 6.05. The third-order valence-electron chi connectivity index (χ3n) is 3.21. The van der Waals surface area contributed by atoms with Gasteiger partial charge in [-0.05, 0) is 24.7 Å². The molecule has 0 aromatic carbocycles. The summed E-state index contributed by atoms with van der Waals surface area (Å²) in [4.78, 5) is 32.7. The van der Waals surface area contributed by atoms with E-state index in [1.165, 1.54) is 12.8 Å². The smallest absolute Gasteiger partial charge is 0.328 e. The van der Waals surface area contributed by atoms with Gasteiger partial charge in [-0.2, -0.15) is 0 Å². The number of aliphatic carboxylic acids is 1. The summed E-state index contributed by atoms with van der Waals surface area (Å²) in [5, 5.41) is 13.0. The van der Waals surface area contributed by atoms with E-state index in [0.717, 1.165) is 18.9 Å². The van der Waals surface area contributed by atoms with Crippen molar-refractivity contribution in [2.24, 2.45) is 11.8 Å². The van der Waals surface area contributed by atoms with Gasteiger partial charge < -0.3 is 10.4 Å². The van der Waals surface area contributed by atoms with Gasteiger partial charge in [-0.15, -0.1) is 0 Å². The largest absolute Gasteiger partial charge is 0.478 e. The maximum Gasteiger partial charge on any atom is 0.328 e. The number of imide groups is 1. The van der Waals surface area contributed by atoms with E-state index in [1.54, 1.807) is 0 Å². The molecule has 1 fully saturated rings. The second-order valence-corrected chi connectivity index (χ2v) is 5.01. The minimum absolute atomic E-state index is 0.458. The predicted octanol–water partition coefficient (Wildman–Crippen LogP) is 1.28. The Morgan fingerprint density at radius 1 is 1.26 bits per heavy atom. The van der Waals surface area contributed by atoms with Crippen LogP contribution in [0, 0.1) is 11.8 Å². The van der Waals surface area contributed by atoms with Crippen molar-refractivity contribution in [3.05, 3.63) is 12.2 Å². The molecule has 2 unspecified atom stereocenters. The molecule has 6 heteroatoms. The van der Waals surface area contributed by atoms with Gasteiger partial charge in [0, 0.05) is 18.7 Å². The van der Waals surface area contributed by atoms with E-state index in [4.69, 9.17) is 5.11 Å². The SMILES string of the molecule is CC1CCCC(CNC(=O)NC(=O)/C=C/C(=O)O)C1. The zero-order valence-corrected chi connectivity index (χ0v) is 11.0. The number of carboxylic acid groups (broad SMARTS) is 1. The van der Waals surface area contributed by atoms with E-state index in [-0.39, 0.29) is 0 Å². The lowest BCUT2D eigenvalue weighted by molar-refractivity contribution is -0.131. The quantitative estimate of drug-likeness (QED) is 0.669. The van der Waals surface area contributed by atoms with Crippen molar-refractivity contribution in [2.45, 2.75) is 32.6 Å². The molecule has 0 aromatic heterocycles. The molecule has 0 bridgehead atoms. The molecule has 2 atom stereocenters. The van der Waals surface area contributed by atoms with Crippen molar-refractivity contribution in [1.82, 2.24) is 10.6 Å². The first-order chi connectivity index (χ1) is 8.97. The highest BCUT2D eigenvalue weighted by Gasteiger charge is 2.19. The summed E-state index contributed by atoms with van der Waals surface area (Å²) in [5.41, 5.74) is 0. The summed E-state index contributed by atoms with van der Waals surface area (Å²) >= 11 is 0. The number of rotatable bonds is 4. The first-order valence-corrected chi connectivity index (χ1v) is 6.47. The van der Waals surface area contributed by atoms with Crippen molar-refractivity contribution >= 4 is 17.9 Å². The van der Waals surface area contributed by atoms with Crippen LogP contribution in [0.2, 0.25) is 0 Å². The van der Waals surface area contributed by atoms with Gasteiger partial charge in [-0.25, -0.2) is 9.59 Å². The molecule has 0 radical (unpaired) electrons. The number of amides is 3. The summed E-state index contributed by atoms with van der Waals surface area (Å²) in [6, 6.07) is -0.585. The number of hydrogen-bond donors (Lipinski definition) is 3. The zero-order valence-electron chi connectivity index (χ0n) is 11.0. The van der Waals surface area contributed by atoms with E-state index in [0.29, 0.717) is 24.5 Å². The summed E-state index contributed by atoms with van der Waals surface area (Å²) in [7, 11) is 0. The zero-order chi connectivity index (χ0) is 14.3. The summed E-state index contributed by atoms with van der Waals surface area (Å²) < 4.78 is 0. The van der Waals surface area contributed by atoms with Crippen LogP contribution in [0.5, 0.6) is 0 Å². The van der Waals surface area contributed by atoms with Crippen LogP contribution < -0.4 is 10.6 Å². The molecule has 0 heterocycles. The van der Waals surface area contributed by atoms with E-state index in [1.807, 2.05) is 5.32 Å². The number of carbonyl (C=O) groups is 3. The average Bonchev–Trinajstić information content (AvgIpc) is 2.34. The number of carboxylic acids is 1. The minimum Gasteiger partial charge on any atom is -0.478 e. The van der Waals surface area contributed by atoms with Crippen molar-refractivity contribution in [1.29, 1.82) is 0 Å². The highest BCUT2D eigenvalue weighted by Crippen LogP contribution is 2.27. The molecule has 0 spiro atoms. The maximum atomic E-state index is 11.4. The Hall–Kier alpha value is -1.85. The Bertz CT molecular complexity index is 379. The molecule has 3 amide bonds. The Morgan fingerprint density at radius 3 is 2.63 bits per heavy atom. The van der Waals surface area contributed by atoms with Gasteiger partial charge in [0.1, 0.15) is 0 Å². The molecule has 1 aliphatic rings. The lowest BCUT2D eigenvalue weighted by Crippen LogP contribution is -2.41. The molecule has 3 N–H and O–H groups in total. The van der Waals surface area contributed by atoms with Crippen LogP contribution in [0.1, 0.15) is 32.6 Å². The van der Waals surface area contributed by atoms with Gasteiger partial charge >= 0.3 is 12.0 Å². The first kappa shape index (κ1) is 15.2. The molecule has 1 rings (SSSR count). The van der Waals surface area contributed by atoms with Gasteiger partial charge in [0.15, 0.2) is 0 Å². The fraction of sp³-hybridized carbons (Fsp3) is 0.615. The Balaban J connectivity index is 2.24. The van der Waals surface area contributed by atoms with Crippen LogP contribution in [0.3, 0.4) is 0 Å². The second kappa shape index (κ2) is 7.56. The third-order valence-corrected chi connectivity index (χ3v) is 3.21.